The fourth-order valence-electron chi connectivity index (χ4n) is 2.35. The van der Waals surface area contributed by atoms with E-state index in [1.54, 1.807) is 0 Å². The Morgan fingerprint density at radius 3 is 2.04 bits per heavy atom. The van der Waals surface area contributed by atoms with Gasteiger partial charge in [0.1, 0.15) is 5.75 Å². The van der Waals surface area contributed by atoms with Gasteiger partial charge in [0.25, 0.3) is 0 Å². The van der Waals surface area contributed by atoms with Crippen LogP contribution in [-0.4, -0.2) is 12.2 Å². The second kappa shape index (κ2) is 7.21. The van der Waals surface area contributed by atoms with Crippen molar-refractivity contribution in [3.05, 3.63) is 90.5 Å². The zero-order chi connectivity index (χ0) is 16.1. The summed E-state index contributed by atoms with van der Waals surface area (Å²) in [5, 5.41) is 0. The zero-order valence-corrected chi connectivity index (χ0v) is 13.7. The molecular weight excluding hydrogens is 303 g/mol. The van der Waals surface area contributed by atoms with Gasteiger partial charge in [-0.25, -0.2) is 0 Å². The largest absolute Gasteiger partial charge is 0.466 e. The van der Waals surface area contributed by atoms with Gasteiger partial charge in [-0.05, 0) is 18.3 Å². The lowest BCUT2D eigenvalue weighted by atomic mass is 10.1. The van der Waals surface area contributed by atoms with Crippen LogP contribution in [0.15, 0.2) is 84.9 Å². The van der Waals surface area contributed by atoms with Crippen molar-refractivity contribution >= 4 is 13.7 Å². The summed E-state index contributed by atoms with van der Waals surface area (Å²) < 4.78 is 6.03. The standard InChI is InChI=1S/C20H17O2P/c1-23(20(21)17-12-6-3-7-13-17)22-19-15-9-8-14-18(19)16-10-4-2-5-11-16/h2-15H,1H3. The summed E-state index contributed by atoms with van der Waals surface area (Å²) >= 11 is 0. The van der Waals surface area contributed by atoms with Crippen LogP contribution in [0.25, 0.3) is 11.1 Å². The van der Waals surface area contributed by atoms with E-state index in [0.717, 1.165) is 16.9 Å². The molecule has 0 saturated carbocycles. The average Bonchev–Trinajstić information content (AvgIpc) is 2.63. The highest BCUT2D eigenvalue weighted by Gasteiger charge is 2.18. The van der Waals surface area contributed by atoms with Crippen molar-refractivity contribution in [2.75, 3.05) is 6.66 Å². The number of para-hydroxylation sites is 1. The van der Waals surface area contributed by atoms with Crippen LogP contribution in [0.3, 0.4) is 0 Å². The topological polar surface area (TPSA) is 26.3 Å². The molecule has 0 aliphatic carbocycles. The van der Waals surface area contributed by atoms with Crippen molar-refractivity contribution in [1.29, 1.82) is 0 Å². The van der Waals surface area contributed by atoms with Crippen LogP contribution in [0.1, 0.15) is 10.4 Å². The van der Waals surface area contributed by atoms with Gasteiger partial charge in [-0.2, -0.15) is 0 Å². The fraction of sp³-hybridized carbons (Fsp3) is 0.0500. The van der Waals surface area contributed by atoms with Gasteiger partial charge >= 0.3 is 0 Å². The van der Waals surface area contributed by atoms with Crippen LogP contribution in [0, 0.1) is 0 Å². The lowest BCUT2D eigenvalue weighted by Gasteiger charge is -2.16. The Bertz CT molecular complexity index is 785. The molecule has 0 aromatic heterocycles. The van der Waals surface area contributed by atoms with Crippen molar-refractivity contribution in [2.24, 2.45) is 0 Å². The van der Waals surface area contributed by atoms with E-state index in [9.17, 15) is 4.79 Å². The van der Waals surface area contributed by atoms with Gasteiger partial charge in [0.2, 0.25) is 5.52 Å². The molecule has 3 rings (SSSR count). The highest BCUT2D eigenvalue weighted by Crippen LogP contribution is 2.41. The number of carbonyl (C=O) groups is 1. The van der Waals surface area contributed by atoms with E-state index in [4.69, 9.17) is 4.52 Å². The number of benzene rings is 3. The van der Waals surface area contributed by atoms with Crippen LogP contribution >= 0.6 is 8.15 Å². The first-order chi connectivity index (χ1) is 11.3. The summed E-state index contributed by atoms with van der Waals surface area (Å²) in [7, 11) is -1.24. The maximum Gasteiger partial charge on any atom is 0.223 e. The van der Waals surface area contributed by atoms with Crippen molar-refractivity contribution in [1.82, 2.24) is 0 Å². The number of hydrogen-bond donors (Lipinski definition) is 0. The molecule has 0 aliphatic heterocycles. The van der Waals surface area contributed by atoms with E-state index < -0.39 is 8.15 Å². The molecule has 0 aliphatic rings. The SMILES string of the molecule is CP(Oc1ccccc1-c1ccccc1)C(=O)c1ccccc1. The fourth-order valence-corrected chi connectivity index (χ4v) is 3.40. The number of hydrogen-bond acceptors (Lipinski definition) is 2. The first-order valence-corrected chi connectivity index (χ1v) is 9.12. The summed E-state index contributed by atoms with van der Waals surface area (Å²) in [4.78, 5) is 12.5. The third-order valence-corrected chi connectivity index (χ3v) is 4.81. The molecule has 23 heavy (non-hydrogen) atoms. The molecule has 3 aromatic rings. The Labute approximate surface area is 137 Å². The molecule has 0 N–H and O–H groups in total. The van der Waals surface area contributed by atoms with E-state index in [2.05, 4.69) is 0 Å². The monoisotopic (exact) mass is 320 g/mol. The molecule has 1 atom stereocenters. The van der Waals surface area contributed by atoms with Crippen LogP contribution in [0.5, 0.6) is 5.75 Å². The van der Waals surface area contributed by atoms with E-state index in [0.29, 0.717) is 5.56 Å². The molecule has 2 nitrogen and oxygen atoms in total. The molecule has 114 valence electrons. The van der Waals surface area contributed by atoms with E-state index in [-0.39, 0.29) is 5.52 Å². The van der Waals surface area contributed by atoms with Crippen LogP contribution in [0.2, 0.25) is 0 Å². The lowest BCUT2D eigenvalue weighted by Crippen LogP contribution is -2.01. The summed E-state index contributed by atoms with van der Waals surface area (Å²) in [6.07, 6.45) is 0. The van der Waals surface area contributed by atoms with Crippen molar-refractivity contribution in [2.45, 2.75) is 0 Å². The molecule has 0 amide bonds. The predicted octanol–water partition coefficient (Wildman–Crippen LogP) is 5.60. The summed E-state index contributed by atoms with van der Waals surface area (Å²) in [6, 6.07) is 27.2. The third kappa shape index (κ3) is 3.67. The predicted molar refractivity (Wildman–Crippen MR) is 96.1 cm³/mol. The maximum atomic E-state index is 12.5. The molecule has 0 heterocycles. The molecular formula is C20H17O2P. The Morgan fingerprint density at radius 2 is 1.35 bits per heavy atom. The highest BCUT2D eigenvalue weighted by atomic mass is 31.1. The quantitative estimate of drug-likeness (QED) is 0.572. The van der Waals surface area contributed by atoms with E-state index in [1.807, 2.05) is 91.6 Å². The Balaban J connectivity index is 1.85. The molecule has 3 aromatic carbocycles. The van der Waals surface area contributed by atoms with Gasteiger partial charge in [-0.3, -0.25) is 4.79 Å². The van der Waals surface area contributed by atoms with Crippen LogP contribution in [0.4, 0.5) is 0 Å². The minimum Gasteiger partial charge on any atom is -0.466 e. The van der Waals surface area contributed by atoms with Gasteiger partial charge in [0, 0.05) is 11.1 Å². The zero-order valence-electron chi connectivity index (χ0n) is 12.8. The maximum absolute atomic E-state index is 12.5. The molecule has 0 fully saturated rings. The molecule has 0 radical (unpaired) electrons. The molecule has 0 bridgehead atoms. The second-order valence-electron chi connectivity index (χ2n) is 5.12. The van der Waals surface area contributed by atoms with Crippen LogP contribution in [-0.2, 0) is 0 Å². The molecule has 3 heteroatoms. The Kier molecular flexibility index (Phi) is 4.85. The van der Waals surface area contributed by atoms with Gasteiger partial charge < -0.3 is 4.52 Å². The van der Waals surface area contributed by atoms with Crippen molar-refractivity contribution in [3.63, 3.8) is 0 Å². The van der Waals surface area contributed by atoms with Gasteiger partial charge in [0.05, 0.1) is 0 Å². The van der Waals surface area contributed by atoms with E-state index >= 15 is 0 Å². The Hall–Kier alpha value is -2.44. The second-order valence-corrected chi connectivity index (χ2v) is 6.71. The number of carbonyl (C=O) groups excluding carboxylic acids is 1. The number of rotatable bonds is 5. The van der Waals surface area contributed by atoms with Gasteiger partial charge in [0.15, 0.2) is 8.15 Å². The highest BCUT2D eigenvalue weighted by molar-refractivity contribution is 7.70. The summed E-state index contributed by atoms with van der Waals surface area (Å²) in [5.74, 6) is 0.747. The van der Waals surface area contributed by atoms with Crippen LogP contribution < -0.4 is 4.52 Å². The molecule has 1 unspecified atom stereocenters. The summed E-state index contributed by atoms with van der Waals surface area (Å²) in [5.41, 5.74) is 2.82. The van der Waals surface area contributed by atoms with Crippen molar-refractivity contribution < 1.29 is 9.32 Å². The minimum absolute atomic E-state index is 0.0449. The summed E-state index contributed by atoms with van der Waals surface area (Å²) in [6.45, 7) is 1.85. The van der Waals surface area contributed by atoms with E-state index in [1.165, 1.54) is 0 Å². The Morgan fingerprint density at radius 1 is 0.783 bits per heavy atom. The smallest absolute Gasteiger partial charge is 0.223 e. The van der Waals surface area contributed by atoms with Gasteiger partial charge in [-0.1, -0.05) is 78.9 Å². The first kappa shape index (κ1) is 15.5. The third-order valence-electron chi connectivity index (χ3n) is 3.51. The first-order valence-electron chi connectivity index (χ1n) is 7.41. The molecule has 0 saturated heterocycles. The molecule has 0 spiro atoms. The normalized spacial score (nSPS) is 11.7. The van der Waals surface area contributed by atoms with Gasteiger partial charge in [-0.15, -0.1) is 0 Å². The van der Waals surface area contributed by atoms with Crippen molar-refractivity contribution in [3.8, 4) is 16.9 Å². The minimum atomic E-state index is -1.24. The lowest BCUT2D eigenvalue weighted by molar-refractivity contribution is 0.107. The average molecular weight is 320 g/mol.